The largest absolute Gasteiger partial charge is 0.366 e. The number of pyridine rings is 1. The maximum absolute atomic E-state index is 12.4. The molecule has 3 heterocycles. The lowest BCUT2D eigenvalue weighted by molar-refractivity contribution is -0.149. The molecule has 1 aliphatic carbocycles. The first kappa shape index (κ1) is 21.1. The number of carbonyl (C=O) groups is 1. The SMILES string of the molecule is Cc1cc(C)c(C#N)c(NC[C@@H]2CN(CC3CCN(CC4CC4)CC3)C(=O)CO2)n1. The third kappa shape index (κ3) is 5.30. The molecule has 1 N–H and O–H groups in total. The number of aryl methyl sites for hydroxylation is 2. The van der Waals surface area contributed by atoms with Crippen LogP contribution in [0.25, 0.3) is 0 Å². The van der Waals surface area contributed by atoms with Crippen LogP contribution < -0.4 is 5.32 Å². The zero-order valence-electron chi connectivity index (χ0n) is 18.2. The van der Waals surface area contributed by atoms with E-state index < -0.39 is 0 Å². The van der Waals surface area contributed by atoms with Crippen molar-refractivity contribution in [3.8, 4) is 6.07 Å². The molecule has 1 aromatic heterocycles. The van der Waals surface area contributed by atoms with Crippen molar-refractivity contribution in [2.24, 2.45) is 11.8 Å². The van der Waals surface area contributed by atoms with Gasteiger partial charge in [0.15, 0.2) is 0 Å². The number of hydrogen-bond acceptors (Lipinski definition) is 6. The van der Waals surface area contributed by atoms with Gasteiger partial charge in [0.1, 0.15) is 18.5 Å². The van der Waals surface area contributed by atoms with E-state index in [0.717, 1.165) is 23.7 Å². The molecule has 1 atom stereocenters. The number of rotatable bonds is 7. The van der Waals surface area contributed by atoms with Crippen LogP contribution >= 0.6 is 0 Å². The van der Waals surface area contributed by atoms with E-state index in [1.54, 1.807) is 0 Å². The Morgan fingerprint density at radius 3 is 2.63 bits per heavy atom. The number of morpholine rings is 1. The highest BCUT2D eigenvalue weighted by Gasteiger charge is 2.31. The highest BCUT2D eigenvalue weighted by Crippen LogP contribution is 2.31. The molecule has 3 fully saturated rings. The second kappa shape index (κ2) is 9.32. The summed E-state index contributed by atoms with van der Waals surface area (Å²) < 4.78 is 5.76. The molecule has 162 valence electrons. The minimum Gasteiger partial charge on any atom is -0.366 e. The van der Waals surface area contributed by atoms with Crippen LogP contribution in [0.3, 0.4) is 0 Å². The summed E-state index contributed by atoms with van der Waals surface area (Å²) in [5.41, 5.74) is 2.37. The maximum Gasteiger partial charge on any atom is 0.248 e. The van der Waals surface area contributed by atoms with E-state index in [1.165, 1.54) is 45.3 Å². The summed E-state index contributed by atoms with van der Waals surface area (Å²) in [6, 6.07) is 4.15. The molecule has 4 rings (SSSR count). The zero-order valence-corrected chi connectivity index (χ0v) is 18.2. The van der Waals surface area contributed by atoms with Crippen LogP contribution in [-0.2, 0) is 9.53 Å². The third-order valence-corrected chi connectivity index (χ3v) is 6.57. The van der Waals surface area contributed by atoms with Crippen molar-refractivity contribution in [3.63, 3.8) is 0 Å². The summed E-state index contributed by atoms with van der Waals surface area (Å²) in [5.74, 6) is 2.23. The molecule has 2 aliphatic heterocycles. The van der Waals surface area contributed by atoms with Crippen LogP contribution in [0.1, 0.15) is 42.5 Å². The van der Waals surface area contributed by atoms with Crippen molar-refractivity contribution in [2.45, 2.75) is 45.6 Å². The van der Waals surface area contributed by atoms with Gasteiger partial charge in [0.25, 0.3) is 0 Å². The van der Waals surface area contributed by atoms with Gasteiger partial charge >= 0.3 is 0 Å². The lowest BCUT2D eigenvalue weighted by Gasteiger charge is -2.38. The van der Waals surface area contributed by atoms with Gasteiger partial charge in [-0.15, -0.1) is 0 Å². The second-order valence-corrected chi connectivity index (χ2v) is 9.22. The van der Waals surface area contributed by atoms with Crippen LogP contribution in [0.15, 0.2) is 6.07 Å². The Kier molecular flexibility index (Phi) is 6.55. The van der Waals surface area contributed by atoms with Crippen molar-refractivity contribution in [1.29, 1.82) is 5.26 Å². The Bertz CT molecular complexity index is 809. The van der Waals surface area contributed by atoms with Crippen molar-refractivity contribution in [2.75, 3.05) is 51.2 Å². The number of carbonyl (C=O) groups excluding carboxylic acids is 1. The van der Waals surface area contributed by atoms with Crippen LogP contribution in [0, 0.1) is 37.0 Å². The Labute approximate surface area is 179 Å². The number of ether oxygens (including phenoxy) is 1. The number of likely N-dealkylation sites (tertiary alicyclic amines) is 1. The maximum atomic E-state index is 12.4. The van der Waals surface area contributed by atoms with Gasteiger partial charge in [-0.25, -0.2) is 4.98 Å². The molecule has 3 aliphatic rings. The van der Waals surface area contributed by atoms with Crippen molar-refractivity contribution in [1.82, 2.24) is 14.8 Å². The third-order valence-electron chi connectivity index (χ3n) is 6.57. The van der Waals surface area contributed by atoms with E-state index in [0.29, 0.717) is 30.4 Å². The van der Waals surface area contributed by atoms with E-state index in [1.807, 2.05) is 24.8 Å². The molecule has 0 aromatic carbocycles. The predicted molar refractivity (Wildman–Crippen MR) is 115 cm³/mol. The number of hydrogen-bond donors (Lipinski definition) is 1. The zero-order chi connectivity index (χ0) is 21.1. The molecule has 30 heavy (non-hydrogen) atoms. The van der Waals surface area contributed by atoms with E-state index in [4.69, 9.17) is 4.74 Å². The van der Waals surface area contributed by atoms with E-state index in [9.17, 15) is 10.1 Å². The average Bonchev–Trinajstić information content (AvgIpc) is 3.54. The Hall–Kier alpha value is -2.17. The molecule has 1 saturated carbocycles. The Morgan fingerprint density at radius 1 is 1.20 bits per heavy atom. The molecule has 0 bridgehead atoms. The first-order valence-electron chi connectivity index (χ1n) is 11.3. The number of anilines is 1. The molecular formula is C23H33N5O2. The van der Waals surface area contributed by atoms with E-state index in [-0.39, 0.29) is 18.6 Å². The Balaban J connectivity index is 1.27. The summed E-state index contributed by atoms with van der Waals surface area (Å²) in [6.45, 7) is 9.56. The number of nitriles is 1. The molecule has 0 unspecified atom stereocenters. The van der Waals surface area contributed by atoms with Gasteiger partial charge in [0, 0.05) is 31.9 Å². The van der Waals surface area contributed by atoms with Crippen molar-refractivity contribution in [3.05, 3.63) is 22.9 Å². The first-order chi connectivity index (χ1) is 14.5. The molecule has 1 aromatic rings. The molecule has 7 nitrogen and oxygen atoms in total. The minimum atomic E-state index is -0.0909. The molecule has 0 radical (unpaired) electrons. The number of nitrogens with zero attached hydrogens (tertiary/aromatic N) is 4. The molecular weight excluding hydrogens is 378 g/mol. The van der Waals surface area contributed by atoms with Crippen LogP contribution in [-0.4, -0.2) is 72.7 Å². The number of amides is 1. The lowest BCUT2D eigenvalue weighted by Crippen LogP contribution is -2.51. The highest BCUT2D eigenvalue weighted by atomic mass is 16.5. The molecule has 1 amide bonds. The highest BCUT2D eigenvalue weighted by molar-refractivity contribution is 5.78. The fourth-order valence-corrected chi connectivity index (χ4v) is 4.63. The van der Waals surface area contributed by atoms with Gasteiger partial charge in [-0.3, -0.25) is 4.79 Å². The summed E-state index contributed by atoms with van der Waals surface area (Å²) in [6.07, 6.45) is 5.08. The normalized spacial score (nSPS) is 23.4. The quantitative estimate of drug-likeness (QED) is 0.742. The van der Waals surface area contributed by atoms with Crippen LogP contribution in [0.5, 0.6) is 0 Å². The lowest BCUT2D eigenvalue weighted by atomic mass is 9.95. The first-order valence-corrected chi connectivity index (χ1v) is 11.3. The topological polar surface area (TPSA) is 81.5 Å². The van der Waals surface area contributed by atoms with Gasteiger partial charge in [0.05, 0.1) is 11.7 Å². The predicted octanol–water partition coefficient (Wildman–Crippen LogP) is 2.33. The van der Waals surface area contributed by atoms with Crippen molar-refractivity contribution < 1.29 is 9.53 Å². The second-order valence-electron chi connectivity index (χ2n) is 9.22. The summed E-state index contributed by atoms with van der Waals surface area (Å²) in [4.78, 5) is 21.5. The summed E-state index contributed by atoms with van der Waals surface area (Å²) in [5, 5.41) is 12.7. The fraction of sp³-hybridized carbons (Fsp3) is 0.696. The number of piperidine rings is 1. The summed E-state index contributed by atoms with van der Waals surface area (Å²) in [7, 11) is 0. The van der Waals surface area contributed by atoms with Gasteiger partial charge in [-0.1, -0.05) is 0 Å². The number of nitrogens with one attached hydrogen (secondary N) is 1. The fourth-order valence-electron chi connectivity index (χ4n) is 4.63. The van der Waals surface area contributed by atoms with Gasteiger partial charge in [0.2, 0.25) is 5.91 Å². The molecule has 0 spiro atoms. The molecule has 2 saturated heterocycles. The average molecular weight is 412 g/mol. The molecule has 7 heteroatoms. The van der Waals surface area contributed by atoms with E-state index in [2.05, 4.69) is 21.3 Å². The van der Waals surface area contributed by atoms with Gasteiger partial charge in [-0.2, -0.15) is 5.26 Å². The monoisotopic (exact) mass is 411 g/mol. The Morgan fingerprint density at radius 2 is 1.93 bits per heavy atom. The smallest absolute Gasteiger partial charge is 0.248 e. The standard InChI is InChI=1S/C23H33N5O2/c1-16-9-17(2)26-23(21(16)10-24)25-11-20-14-28(22(29)15-30-20)13-19-5-7-27(8-6-19)12-18-3-4-18/h9,18-20H,3-8,11-15H2,1-2H3,(H,25,26)/t20-/m1/s1. The van der Waals surface area contributed by atoms with Crippen LogP contribution in [0.4, 0.5) is 5.82 Å². The van der Waals surface area contributed by atoms with Gasteiger partial charge in [-0.05, 0) is 76.1 Å². The summed E-state index contributed by atoms with van der Waals surface area (Å²) >= 11 is 0. The van der Waals surface area contributed by atoms with E-state index >= 15 is 0 Å². The number of aromatic nitrogens is 1. The minimum absolute atomic E-state index is 0.0909. The van der Waals surface area contributed by atoms with Crippen molar-refractivity contribution >= 4 is 11.7 Å². The van der Waals surface area contributed by atoms with Gasteiger partial charge < -0.3 is 19.9 Å². The van der Waals surface area contributed by atoms with Crippen LogP contribution in [0.2, 0.25) is 0 Å².